The van der Waals surface area contributed by atoms with E-state index in [-0.39, 0.29) is 0 Å². The van der Waals surface area contributed by atoms with Gasteiger partial charge in [0.05, 0.1) is 13.2 Å². The first-order valence-corrected chi connectivity index (χ1v) is 3.74. The van der Waals surface area contributed by atoms with Crippen LogP contribution in [0.4, 0.5) is 0 Å². The molecule has 0 radical (unpaired) electrons. The Balaban J connectivity index is 2.59. The van der Waals surface area contributed by atoms with Gasteiger partial charge in [-0.25, -0.2) is 0 Å². The molecule has 1 aromatic rings. The highest BCUT2D eigenvalue weighted by molar-refractivity contribution is 7.27. The van der Waals surface area contributed by atoms with Crippen molar-refractivity contribution in [3.8, 4) is 0 Å². The molecule has 1 aliphatic heterocycles. The molecule has 0 spiro atoms. The third-order valence-corrected chi connectivity index (χ3v) is 2.18. The van der Waals surface area contributed by atoms with Gasteiger partial charge in [0, 0.05) is 18.0 Å². The number of hydrogen-bond acceptors (Lipinski definition) is 2. The van der Waals surface area contributed by atoms with E-state index >= 15 is 0 Å². The number of pyridine rings is 1. The lowest BCUT2D eigenvalue weighted by atomic mass is 10.2. The van der Waals surface area contributed by atoms with Crippen molar-refractivity contribution >= 4 is 14.5 Å². The highest BCUT2D eigenvalue weighted by Gasteiger charge is 2.12. The van der Waals surface area contributed by atoms with E-state index < -0.39 is 0 Å². The molecular formula is C7H8NOP. The molecular weight excluding hydrogens is 145 g/mol. The lowest BCUT2D eigenvalue weighted by Crippen LogP contribution is -2.01. The van der Waals surface area contributed by atoms with E-state index in [0.29, 0.717) is 0 Å². The Labute approximate surface area is 61.8 Å². The van der Waals surface area contributed by atoms with Crippen molar-refractivity contribution in [2.75, 3.05) is 0 Å². The first-order valence-electron chi connectivity index (χ1n) is 3.17. The van der Waals surface area contributed by atoms with Crippen LogP contribution in [0.2, 0.25) is 0 Å². The Kier molecular flexibility index (Phi) is 1.44. The van der Waals surface area contributed by atoms with Gasteiger partial charge in [0.1, 0.15) is 0 Å². The van der Waals surface area contributed by atoms with Gasteiger partial charge in [-0.2, -0.15) is 0 Å². The number of ether oxygens (including phenoxy) is 1. The number of fused-ring (bicyclic) bond motifs is 1. The summed E-state index contributed by atoms with van der Waals surface area (Å²) in [7, 11) is 2.66. The summed E-state index contributed by atoms with van der Waals surface area (Å²) in [5, 5.41) is 1.16. The Hall–Kier alpha value is -0.460. The standard InChI is InChI=1S/C7H8NOP/c10-7-2-8-1-5-3-9-4-6(5)7/h1-2H,3-4,10H2. The van der Waals surface area contributed by atoms with Crippen molar-refractivity contribution < 1.29 is 4.74 Å². The maximum absolute atomic E-state index is 5.24. The van der Waals surface area contributed by atoms with E-state index in [0.717, 1.165) is 18.5 Å². The van der Waals surface area contributed by atoms with Crippen molar-refractivity contribution in [2.45, 2.75) is 13.2 Å². The molecule has 1 aliphatic rings. The van der Waals surface area contributed by atoms with Gasteiger partial charge in [-0.05, 0) is 10.9 Å². The molecule has 3 heteroatoms. The average molecular weight is 153 g/mol. The molecule has 10 heavy (non-hydrogen) atoms. The smallest absolute Gasteiger partial charge is 0.0740 e. The zero-order chi connectivity index (χ0) is 6.97. The fraction of sp³-hybridized carbons (Fsp3) is 0.286. The summed E-state index contributed by atoms with van der Waals surface area (Å²) >= 11 is 0. The first kappa shape index (κ1) is 6.26. The fourth-order valence-corrected chi connectivity index (χ4v) is 1.47. The normalized spacial score (nSPS) is 15.3. The highest BCUT2D eigenvalue weighted by Crippen LogP contribution is 2.17. The molecule has 2 nitrogen and oxygen atoms in total. The van der Waals surface area contributed by atoms with E-state index in [2.05, 4.69) is 14.2 Å². The summed E-state index contributed by atoms with van der Waals surface area (Å²) in [6, 6.07) is 0. The van der Waals surface area contributed by atoms with Gasteiger partial charge >= 0.3 is 0 Å². The number of rotatable bonds is 0. The molecule has 0 bridgehead atoms. The number of aromatic nitrogens is 1. The quantitative estimate of drug-likeness (QED) is 0.509. The summed E-state index contributed by atoms with van der Waals surface area (Å²) in [6.45, 7) is 1.47. The second kappa shape index (κ2) is 2.30. The topological polar surface area (TPSA) is 22.1 Å². The first-order chi connectivity index (χ1) is 4.88. The largest absolute Gasteiger partial charge is 0.372 e. The van der Waals surface area contributed by atoms with Crippen molar-refractivity contribution in [3.63, 3.8) is 0 Å². The maximum atomic E-state index is 5.24. The number of nitrogens with zero attached hydrogens (tertiary/aromatic N) is 1. The lowest BCUT2D eigenvalue weighted by molar-refractivity contribution is 0.134. The Morgan fingerprint density at radius 2 is 2.30 bits per heavy atom. The van der Waals surface area contributed by atoms with E-state index in [4.69, 9.17) is 4.74 Å². The zero-order valence-corrected chi connectivity index (χ0v) is 6.66. The minimum Gasteiger partial charge on any atom is -0.372 e. The van der Waals surface area contributed by atoms with Crippen LogP contribution in [0, 0.1) is 0 Å². The molecule has 2 rings (SSSR count). The Morgan fingerprint density at radius 3 is 3.10 bits per heavy atom. The van der Waals surface area contributed by atoms with Crippen LogP contribution in [0.3, 0.4) is 0 Å². The van der Waals surface area contributed by atoms with Crippen LogP contribution in [-0.2, 0) is 18.0 Å². The summed E-state index contributed by atoms with van der Waals surface area (Å²) in [5.41, 5.74) is 2.52. The average Bonchev–Trinajstić information content (AvgIpc) is 2.36. The van der Waals surface area contributed by atoms with Crippen LogP contribution in [-0.4, -0.2) is 4.98 Å². The minimum atomic E-state index is 0.727. The molecule has 0 saturated carbocycles. The van der Waals surface area contributed by atoms with Gasteiger partial charge in [-0.15, -0.1) is 9.24 Å². The second-order valence-electron chi connectivity index (χ2n) is 2.36. The van der Waals surface area contributed by atoms with Crippen LogP contribution in [0.25, 0.3) is 0 Å². The fourth-order valence-electron chi connectivity index (χ4n) is 1.11. The molecule has 0 fully saturated rings. The summed E-state index contributed by atoms with van der Waals surface area (Å²) in [5.74, 6) is 0. The SMILES string of the molecule is Pc1cncc2c1COC2. The highest BCUT2D eigenvalue weighted by atomic mass is 31.0. The van der Waals surface area contributed by atoms with E-state index in [1.807, 2.05) is 12.4 Å². The molecule has 0 aromatic carbocycles. The van der Waals surface area contributed by atoms with Gasteiger partial charge in [-0.3, -0.25) is 4.98 Å². The van der Waals surface area contributed by atoms with Crippen molar-refractivity contribution in [1.82, 2.24) is 4.98 Å². The summed E-state index contributed by atoms with van der Waals surface area (Å²) in [4.78, 5) is 4.06. The van der Waals surface area contributed by atoms with Gasteiger partial charge in [-0.1, -0.05) is 0 Å². The third-order valence-electron chi connectivity index (χ3n) is 1.68. The molecule has 0 amide bonds. The zero-order valence-electron chi connectivity index (χ0n) is 5.50. The Bertz CT molecular complexity index is 262. The van der Waals surface area contributed by atoms with Gasteiger partial charge < -0.3 is 4.74 Å². The monoisotopic (exact) mass is 153 g/mol. The van der Waals surface area contributed by atoms with E-state index in [1.54, 1.807) is 0 Å². The van der Waals surface area contributed by atoms with Crippen LogP contribution in [0.5, 0.6) is 0 Å². The van der Waals surface area contributed by atoms with Crippen LogP contribution in [0.1, 0.15) is 11.1 Å². The summed E-state index contributed by atoms with van der Waals surface area (Å²) < 4.78 is 5.24. The summed E-state index contributed by atoms with van der Waals surface area (Å²) in [6.07, 6.45) is 3.72. The molecule has 0 N–H and O–H groups in total. The van der Waals surface area contributed by atoms with Crippen LogP contribution >= 0.6 is 9.24 Å². The van der Waals surface area contributed by atoms with Crippen molar-refractivity contribution in [1.29, 1.82) is 0 Å². The predicted octanol–water partition coefficient (Wildman–Crippen LogP) is 0.612. The Morgan fingerprint density at radius 1 is 1.40 bits per heavy atom. The van der Waals surface area contributed by atoms with Crippen molar-refractivity contribution in [3.05, 3.63) is 23.5 Å². The van der Waals surface area contributed by atoms with Gasteiger partial charge in [0.25, 0.3) is 0 Å². The molecule has 1 unspecified atom stereocenters. The minimum absolute atomic E-state index is 0.727. The molecule has 0 saturated heterocycles. The van der Waals surface area contributed by atoms with Crippen LogP contribution < -0.4 is 5.30 Å². The molecule has 2 heterocycles. The van der Waals surface area contributed by atoms with E-state index in [9.17, 15) is 0 Å². The van der Waals surface area contributed by atoms with Gasteiger partial charge in [0.15, 0.2) is 0 Å². The van der Waals surface area contributed by atoms with E-state index in [1.165, 1.54) is 11.1 Å². The van der Waals surface area contributed by atoms with Gasteiger partial charge in [0.2, 0.25) is 0 Å². The second-order valence-corrected chi connectivity index (χ2v) is 2.98. The van der Waals surface area contributed by atoms with Crippen molar-refractivity contribution in [2.24, 2.45) is 0 Å². The van der Waals surface area contributed by atoms with Crippen LogP contribution in [0.15, 0.2) is 12.4 Å². The third kappa shape index (κ3) is 0.845. The maximum Gasteiger partial charge on any atom is 0.0740 e. The predicted molar refractivity (Wildman–Crippen MR) is 42.1 cm³/mol. The molecule has 52 valence electrons. The molecule has 0 aliphatic carbocycles. The molecule has 1 atom stereocenters. The lowest BCUT2D eigenvalue weighted by Gasteiger charge is -1.97. The number of hydrogen-bond donors (Lipinski definition) is 0. The molecule has 1 aromatic heterocycles.